The Balaban J connectivity index is 2.17. The highest BCUT2D eigenvalue weighted by Crippen LogP contribution is 2.51. The number of nitrogens with two attached hydrogens (primary N) is 1. The summed E-state index contributed by atoms with van der Waals surface area (Å²) in [5, 5.41) is 0. The van der Waals surface area contributed by atoms with Gasteiger partial charge >= 0.3 is 0 Å². The van der Waals surface area contributed by atoms with Gasteiger partial charge < -0.3 is 15.2 Å². The molecule has 4 heteroatoms. The number of rotatable bonds is 2. The molecule has 0 bridgehead atoms. The van der Waals surface area contributed by atoms with E-state index in [1.165, 1.54) is 18.4 Å². The lowest BCUT2D eigenvalue weighted by Crippen LogP contribution is -2.35. The Morgan fingerprint density at radius 3 is 2.33 bits per heavy atom. The number of amidine groups is 1. The lowest BCUT2D eigenvalue weighted by molar-refractivity contribution is 0.354. The highest BCUT2D eigenvalue weighted by Gasteiger charge is 2.45. The summed E-state index contributed by atoms with van der Waals surface area (Å²) in [6.45, 7) is 0. The molecule has 1 saturated carbocycles. The predicted octanol–water partition coefficient (Wildman–Crippen LogP) is 2.52. The van der Waals surface area contributed by atoms with Gasteiger partial charge in [-0.3, -0.25) is 0 Å². The molecule has 1 aromatic rings. The number of ether oxygens (including phenoxy) is 2. The van der Waals surface area contributed by atoms with Crippen LogP contribution in [0.3, 0.4) is 0 Å². The number of hydrogen-bond donors (Lipinski definition) is 1. The number of methoxy groups -OCH3 is 2. The second kappa shape index (κ2) is 3.90. The van der Waals surface area contributed by atoms with Crippen molar-refractivity contribution in [1.82, 2.24) is 0 Å². The van der Waals surface area contributed by atoms with E-state index in [2.05, 4.69) is 4.99 Å². The van der Waals surface area contributed by atoms with Crippen LogP contribution in [-0.2, 0) is 5.41 Å². The number of benzene rings is 1. The van der Waals surface area contributed by atoms with Gasteiger partial charge in [0.15, 0.2) is 11.5 Å². The third kappa shape index (κ3) is 1.35. The second-order valence-corrected chi connectivity index (χ2v) is 5.01. The van der Waals surface area contributed by atoms with Crippen molar-refractivity contribution in [2.75, 3.05) is 14.2 Å². The van der Waals surface area contributed by atoms with Gasteiger partial charge in [0.1, 0.15) is 5.84 Å². The molecule has 1 spiro atoms. The molecule has 1 heterocycles. The Kier molecular flexibility index (Phi) is 2.47. The maximum atomic E-state index is 6.18. The molecule has 1 aliphatic heterocycles. The Hall–Kier alpha value is -1.71. The summed E-state index contributed by atoms with van der Waals surface area (Å²) < 4.78 is 10.7. The average Bonchev–Trinajstić information content (AvgIpc) is 2.97. The second-order valence-electron chi connectivity index (χ2n) is 5.01. The molecule has 0 aromatic heterocycles. The standard InChI is InChI=1S/C14H18N2O2/c1-17-11-7-9-10(8-12(11)18-2)16-13(15)14(9)5-3-4-6-14/h7-8H,3-6H2,1-2H3,(H2,15,16). The molecule has 18 heavy (non-hydrogen) atoms. The minimum absolute atomic E-state index is 0.0467. The van der Waals surface area contributed by atoms with Crippen LogP contribution in [0.25, 0.3) is 0 Å². The molecule has 2 N–H and O–H groups in total. The van der Waals surface area contributed by atoms with Gasteiger partial charge in [-0.05, 0) is 24.5 Å². The van der Waals surface area contributed by atoms with Gasteiger partial charge in [-0.2, -0.15) is 0 Å². The summed E-state index contributed by atoms with van der Waals surface area (Å²) >= 11 is 0. The number of hydrogen-bond acceptors (Lipinski definition) is 4. The highest BCUT2D eigenvalue weighted by molar-refractivity contribution is 6.00. The van der Waals surface area contributed by atoms with Crippen molar-refractivity contribution in [3.8, 4) is 11.5 Å². The molecule has 3 rings (SSSR count). The van der Waals surface area contributed by atoms with E-state index >= 15 is 0 Å². The fraction of sp³-hybridized carbons (Fsp3) is 0.500. The normalized spacial score (nSPS) is 19.8. The van der Waals surface area contributed by atoms with E-state index in [0.29, 0.717) is 5.75 Å². The number of nitrogens with zero attached hydrogens (tertiary/aromatic N) is 1. The van der Waals surface area contributed by atoms with Crippen LogP contribution in [0.1, 0.15) is 31.2 Å². The minimum atomic E-state index is -0.0467. The molecular weight excluding hydrogens is 228 g/mol. The van der Waals surface area contributed by atoms with Gasteiger partial charge in [-0.15, -0.1) is 0 Å². The quantitative estimate of drug-likeness (QED) is 0.872. The first-order valence-corrected chi connectivity index (χ1v) is 6.32. The molecule has 1 fully saturated rings. The average molecular weight is 246 g/mol. The minimum Gasteiger partial charge on any atom is -0.493 e. The molecule has 1 aliphatic carbocycles. The Morgan fingerprint density at radius 1 is 1.11 bits per heavy atom. The molecule has 0 amide bonds. The Bertz CT molecular complexity index is 517. The lowest BCUT2D eigenvalue weighted by atomic mass is 9.79. The van der Waals surface area contributed by atoms with E-state index in [1.54, 1.807) is 14.2 Å². The summed E-state index contributed by atoms with van der Waals surface area (Å²) in [6, 6.07) is 3.97. The van der Waals surface area contributed by atoms with Crippen LogP contribution in [0.4, 0.5) is 5.69 Å². The molecule has 1 aromatic carbocycles. The van der Waals surface area contributed by atoms with Gasteiger partial charge in [0, 0.05) is 6.07 Å². The van der Waals surface area contributed by atoms with E-state index in [4.69, 9.17) is 15.2 Å². The number of aliphatic imine (C=N–C) groups is 1. The Morgan fingerprint density at radius 2 is 1.72 bits per heavy atom. The van der Waals surface area contributed by atoms with E-state index in [0.717, 1.165) is 30.1 Å². The van der Waals surface area contributed by atoms with Crippen LogP contribution in [0.15, 0.2) is 17.1 Å². The van der Waals surface area contributed by atoms with Crippen molar-refractivity contribution in [3.63, 3.8) is 0 Å². The SMILES string of the molecule is COc1cc2c(cc1OC)C1(CCCC1)C(N)=N2. The van der Waals surface area contributed by atoms with Gasteiger partial charge in [0.05, 0.1) is 25.3 Å². The monoisotopic (exact) mass is 246 g/mol. The molecule has 96 valence electrons. The smallest absolute Gasteiger partial charge is 0.162 e. The maximum Gasteiger partial charge on any atom is 0.162 e. The fourth-order valence-corrected chi connectivity index (χ4v) is 3.22. The first kappa shape index (κ1) is 11.4. The molecular formula is C14H18N2O2. The summed E-state index contributed by atoms with van der Waals surface area (Å²) in [7, 11) is 3.29. The van der Waals surface area contributed by atoms with Crippen molar-refractivity contribution in [3.05, 3.63) is 17.7 Å². The summed E-state index contributed by atoms with van der Waals surface area (Å²) in [5.74, 6) is 2.22. The molecule has 0 radical (unpaired) electrons. The molecule has 0 atom stereocenters. The van der Waals surface area contributed by atoms with Gasteiger partial charge in [0.2, 0.25) is 0 Å². The van der Waals surface area contributed by atoms with Gasteiger partial charge in [-0.25, -0.2) is 4.99 Å². The Labute approximate surface area is 107 Å². The van der Waals surface area contributed by atoms with Crippen molar-refractivity contribution < 1.29 is 9.47 Å². The molecule has 0 unspecified atom stereocenters. The topological polar surface area (TPSA) is 56.8 Å². The first-order chi connectivity index (χ1) is 8.71. The molecule has 0 saturated heterocycles. The van der Waals surface area contributed by atoms with Crippen LogP contribution in [-0.4, -0.2) is 20.1 Å². The fourth-order valence-electron chi connectivity index (χ4n) is 3.22. The third-order valence-electron chi connectivity index (χ3n) is 4.21. The summed E-state index contributed by atoms with van der Waals surface area (Å²) in [4.78, 5) is 4.53. The summed E-state index contributed by atoms with van der Waals surface area (Å²) in [5.41, 5.74) is 8.27. The first-order valence-electron chi connectivity index (χ1n) is 6.32. The third-order valence-corrected chi connectivity index (χ3v) is 4.21. The largest absolute Gasteiger partial charge is 0.493 e. The van der Waals surface area contributed by atoms with E-state index < -0.39 is 0 Å². The number of fused-ring (bicyclic) bond motifs is 2. The molecule has 4 nitrogen and oxygen atoms in total. The van der Waals surface area contributed by atoms with Crippen molar-refractivity contribution in [2.45, 2.75) is 31.1 Å². The zero-order chi connectivity index (χ0) is 12.8. The van der Waals surface area contributed by atoms with Gasteiger partial charge in [0.25, 0.3) is 0 Å². The van der Waals surface area contributed by atoms with E-state index in [1.807, 2.05) is 12.1 Å². The van der Waals surface area contributed by atoms with E-state index in [9.17, 15) is 0 Å². The van der Waals surface area contributed by atoms with Gasteiger partial charge in [-0.1, -0.05) is 12.8 Å². The van der Waals surface area contributed by atoms with Crippen LogP contribution < -0.4 is 15.2 Å². The van der Waals surface area contributed by atoms with Crippen LogP contribution in [0.5, 0.6) is 11.5 Å². The summed E-state index contributed by atoms with van der Waals surface area (Å²) in [6.07, 6.45) is 4.60. The molecule has 2 aliphatic rings. The maximum absolute atomic E-state index is 6.18. The van der Waals surface area contributed by atoms with Crippen LogP contribution in [0.2, 0.25) is 0 Å². The van der Waals surface area contributed by atoms with Crippen LogP contribution >= 0.6 is 0 Å². The van der Waals surface area contributed by atoms with Crippen molar-refractivity contribution in [1.29, 1.82) is 0 Å². The van der Waals surface area contributed by atoms with Crippen molar-refractivity contribution >= 4 is 11.5 Å². The van der Waals surface area contributed by atoms with Crippen LogP contribution in [0, 0.1) is 0 Å². The zero-order valence-corrected chi connectivity index (χ0v) is 10.8. The predicted molar refractivity (Wildman–Crippen MR) is 71.0 cm³/mol. The van der Waals surface area contributed by atoms with E-state index in [-0.39, 0.29) is 5.41 Å². The lowest BCUT2D eigenvalue weighted by Gasteiger charge is -2.25. The highest BCUT2D eigenvalue weighted by atomic mass is 16.5. The van der Waals surface area contributed by atoms with Crippen molar-refractivity contribution in [2.24, 2.45) is 10.7 Å². The zero-order valence-electron chi connectivity index (χ0n) is 10.8.